The summed E-state index contributed by atoms with van der Waals surface area (Å²) in [5.41, 5.74) is 0.863. The molecule has 27 heavy (non-hydrogen) atoms. The van der Waals surface area contributed by atoms with Crippen molar-refractivity contribution in [2.45, 2.75) is 25.2 Å². The number of non-ortho nitro benzene ring substituents is 1. The van der Waals surface area contributed by atoms with Gasteiger partial charge in [0.1, 0.15) is 24.6 Å². The van der Waals surface area contributed by atoms with E-state index < -0.39 is 23.2 Å². The summed E-state index contributed by atoms with van der Waals surface area (Å²) < 4.78 is 11.0. The molecule has 1 aliphatic rings. The first-order valence-corrected chi connectivity index (χ1v) is 8.58. The van der Waals surface area contributed by atoms with Crippen LogP contribution in [0.1, 0.15) is 12.0 Å². The van der Waals surface area contributed by atoms with Crippen molar-refractivity contribution in [1.82, 2.24) is 4.90 Å². The number of rotatable bonds is 5. The van der Waals surface area contributed by atoms with Gasteiger partial charge < -0.3 is 19.5 Å². The molecule has 0 aromatic heterocycles. The monoisotopic (exact) mass is 372 g/mol. The largest absolute Gasteiger partial charge is 0.488 e. The van der Waals surface area contributed by atoms with E-state index in [1.807, 2.05) is 30.3 Å². The van der Waals surface area contributed by atoms with Crippen molar-refractivity contribution in [3.05, 3.63) is 70.3 Å². The average molecular weight is 372 g/mol. The number of nitro groups is 1. The van der Waals surface area contributed by atoms with E-state index >= 15 is 0 Å². The van der Waals surface area contributed by atoms with Crippen molar-refractivity contribution in [2.75, 3.05) is 13.1 Å². The standard InChI is InChI=1S/C19H20N2O6/c22-17-12-20(19(23)26-13-14-4-2-1-3-5-14)11-10-18(17)27-16-8-6-15(7-9-16)21(24)25/h1-9,17-18,22H,10-13H2/t17-,18-/m1/s1. The van der Waals surface area contributed by atoms with Crippen molar-refractivity contribution in [1.29, 1.82) is 0 Å². The molecule has 0 aliphatic carbocycles. The Labute approximate surface area is 156 Å². The Kier molecular flexibility index (Phi) is 5.87. The smallest absolute Gasteiger partial charge is 0.410 e. The lowest BCUT2D eigenvalue weighted by Gasteiger charge is -2.35. The third-order valence-corrected chi connectivity index (χ3v) is 4.32. The van der Waals surface area contributed by atoms with E-state index in [2.05, 4.69) is 0 Å². The maximum Gasteiger partial charge on any atom is 0.410 e. The molecule has 142 valence electrons. The molecule has 1 N–H and O–H groups in total. The number of hydrogen-bond donors (Lipinski definition) is 1. The number of aliphatic hydroxyl groups excluding tert-OH is 1. The van der Waals surface area contributed by atoms with Crippen LogP contribution in [0.3, 0.4) is 0 Å². The number of ether oxygens (including phenoxy) is 2. The quantitative estimate of drug-likeness (QED) is 0.640. The molecule has 8 nitrogen and oxygen atoms in total. The summed E-state index contributed by atoms with van der Waals surface area (Å²) in [5.74, 6) is 0.435. The van der Waals surface area contributed by atoms with Crippen molar-refractivity contribution < 1.29 is 24.3 Å². The summed E-state index contributed by atoms with van der Waals surface area (Å²) in [6, 6.07) is 15.0. The number of carbonyl (C=O) groups excluding carboxylic acids is 1. The molecule has 0 radical (unpaired) electrons. The van der Waals surface area contributed by atoms with E-state index in [-0.39, 0.29) is 18.8 Å². The number of piperidine rings is 1. The molecule has 2 aromatic rings. The van der Waals surface area contributed by atoms with Gasteiger partial charge >= 0.3 is 6.09 Å². The summed E-state index contributed by atoms with van der Waals surface area (Å²) in [5, 5.41) is 21.0. The lowest BCUT2D eigenvalue weighted by atomic mass is 10.1. The average Bonchev–Trinajstić information content (AvgIpc) is 2.69. The van der Waals surface area contributed by atoms with E-state index in [1.165, 1.54) is 29.2 Å². The number of benzene rings is 2. The molecule has 1 saturated heterocycles. The summed E-state index contributed by atoms with van der Waals surface area (Å²) >= 11 is 0. The molecule has 2 aromatic carbocycles. The first-order valence-electron chi connectivity index (χ1n) is 8.58. The molecule has 1 aliphatic heterocycles. The first kappa shape index (κ1) is 18.7. The van der Waals surface area contributed by atoms with Gasteiger partial charge in [0.25, 0.3) is 5.69 Å². The number of carbonyl (C=O) groups is 1. The van der Waals surface area contributed by atoms with Crippen molar-refractivity contribution in [2.24, 2.45) is 0 Å². The van der Waals surface area contributed by atoms with Gasteiger partial charge in [-0.05, 0) is 17.7 Å². The summed E-state index contributed by atoms with van der Waals surface area (Å²) in [7, 11) is 0. The van der Waals surface area contributed by atoms with Gasteiger partial charge in [-0.2, -0.15) is 0 Å². The third-order valence-electron chi connectivity index (χ3n) is 4.32. The minimum atomic E-state index is -0.877. The van der Waals surface area contributed by atoms with E-state index in [1.54, 1.807) is 0 Å². The highest BCUT2D eigenvalue weighted by molar-refractivity contribution is 5.67. The highest BCUT2D eigenvalue weighted by Crippen LogP contribution is 2.22. The van der Waals surface area contributed by atoms with Crippen molar-refractivity contribution in [3.8, 4) is 5.75 Å². The second-order valence-corrected chi connectivity index (χ2v) is 6.25. The van der Waals surface area contributed by atoms with Crippen LogP contribution in [0.4, 0.5) is 10.5 Å². The van der Waals surface area contributed by atoms with Crippen LogP contribution in [0.25, 0.3) is 0 Å². The van der Waals surface area contributed by atoms with Crippen LogP contribution in [-0.4, -0.2) is 46.3 Å². The zero-order valence-corrected chi connectivity index (χ0v) is 14.6. The molecular formula is C19H20N2O6. The molecule has 2 atom stereocenters. The zero-order chi connectivity index (χ0) is 19.2. The number of nitrogens with zero attached hydrogens (tertiary/aromatic N) is 2. The van der Waals surface area contributed by atoms with Gasteiger partial charge in [-0.3, -0.25) is 10.1 Å². The maximum absolute atomic E-state index is 12.2. The fourth-order valence-corrected chi connectivity index (χ4v) is 2.85. The summed E-state index contributed by atoms with van der Waals surface area (Å²) in [6.45, 7) is 0.669. The van der Waals surface area contributed by atoms with Crippen LogP contribution in [0.5, 0.6) is 5.75 Å². The lowest BCUT2D eigenvalue weighted by Crippen LogP contribution is -2.51. The maximum atomic E-state index is 12.2. The van der Waals surface area contributed by atoms with E-state index in [0.717, 1.165) is 5.56 Å². The zero-order valence-electron chi connectivity index (χ0n) is 14.6. The molecule has 1 heterocycles. The first-order chi connectivity index (χ1) is 13.0. The van der Waals surface area contributed by atoms with Crippen molar-refractivity contribution in [3.63, 3.8) is 0 Å². The lowest BCUT2D eigenvalue weighted by molar-refractivity contribution is -0.384. The Hall–Kier alpha value is -3.13. The van der Waals surface area contributed by atoms with Gasteiger partial charge in [0, 0.05) is 25.1 Å². The molecular weight excluding hydrogens is 352 g/mol. The molecule has 3 rings (SSSR count). The molecule has 0 saturated carbocycles. The molecule has 1 amide bonds. The Morgan fingerprint density at radius 2 is 1.89 bits per heavy atom. The molecule has 0 bridgehead atoms. The SMILES string of the molecule is O=C(OCc1ccccc1)N1CC[C@@H](Oc2ccc([N+](=O)[O-])cc2)[C@H](O)C1. The topological polar surface area (TPSA) is 102 Å². The number of β-amino-alcohol motifs (C(OH)–C–C–N with tert-alkyl or cyclic N) is 1. The van der Waals surface area contributed by atoms with Crippen LogP contribution < -0.4 is 4.74 Å². The van der Waals surface area contributed by atoms with Gasteiger partial charge in [0.15, 0.2) is 0 Å². The Morgan fingerprint density at radius 1 is 1.19 bits per heavy atom. The fourth-order valence-electron chi connectivity index (χ4n) is 2.85. The number of likely N-dealkylation sites (tertiary alicyclic amines) is 1. The number of hydrogen-bond acceptors (Lipinski definition) is 6. The Balaban J connectivity index is 1.49. The third kappa shape index (κ3) is 4.95. The van der Waals surface area contributed by atoms with Gasteiger partial charge in [-0.25, -0.2) is 4.79 Å². The molecule has 0 spiro atoms. The fraction of sp³-hybridized carbons (Fsp3) is 0.316. The van der Waals surface area contributed by atoms with Gasteiger partial charge in [0.05, 0.1) is 11.5 Å². The predicted molar refractivity (Wildman–Crippen MR) is 96.3 cm³/mol. The highest BCUT2D eigenvalue weighted by atomic mass is 16.6. The minimum absolute atomic E-state index is 0.0288. The molecule has 0 unspecified atom stereocenters. The van der Waals surface area contributed by atoms with Crippen LogP contribution in [0.15, 0.2) is 54.6 Å². The summed E-state index contributed by atoms with van der Waals surface area (Å²) in [6.07, 6.45) is -1.42. The van der Waals surface area contributed by atoms with Gasteiger partial charge in [0.2, 0.25) is 0 Å². The van der Waals surface area contributed by atoms with E-state index in [0.29, 0.717) is 18.7 Å². The molecule has 8 heteroatoms. The Morgan fingerprint density at radius 3 is 2.52 bits per heavy atom. The predicted octanol–water partition coefficient (Wildman–Crippen LogP) is 2.75. The number of amides is 1. The van der Waals surface area contributed by atoms with Gasteiger partial charge in [-0.1, -0.05) is 30.3 Å². The van der Waals surface area contributed by atoms with Crippen LogP contribution >= 0.6 is 0 Å². The van der Waals surface area contributed by atoms with Crippen molar-refractivity contribution >= 4 is 11.8 Å². The second kappa shape index (κ2) is 8.50. The van der Waals surface area contributed by atoms with Crippen LogP contribution in [-0.2, 0) is 11.3 Å². The summed E-state index contributed by atoms with van der Waals surface area (Å²) in [4.78, 5) is 23.8. The Bertz CT molecular complexity index is 781. The van der Waals surface area contributed by atoms with Gasteiger partial charge in [-0.15, -0.1) is 0 Å². The van der Waals surface area contributed by atoms with Crippen LogP contribution in [0, 0.1) is 10.1 Å². The molecule has 1 fully saturated rings. The number of aliphatic hydroxyl groups is 1. The van der Waals surface area contributed by atoms with E-state index in [4.69, 9.17) is 9.47 Å². The van der Waals surface area contributed by atoms with E-state index in [9.17, 15) is 20.0 Å². The second-order valence-electron chi connectivity index (χ2n) is 6.25. The van der Waals surface area contributed by atoms with Crippen LogP contribution in [0.2, 0.25) is 0 Å². The normalized spacial score (nSPS) is 19.4. The number of nitro benzene ring substituents is 1. The minimum Gasteiger partial charge on any atom is -0.488 e. The highest BCUT2D eigenvalue weighted by Gasteiger charge is 2.32.